The molecule has 1 unspecified atom stereocenters. The van der Waals surface area contributed by atoms with Crippen molar-refractivity contribution in [3.05, 3.63) is 29.3 Å². The van der Waals surface area contributed by atoms with E-state index in [1.54, 1.807) is 33.9 Å². The van der Waals surface area contributed by atoms with Gasteiger partial charge >= 0.3 is 5.97 Å². The number of amides is 1. The number of aliphatic carboxylic acids is 1. The third kappa shape index (κ3) is 3.59. The van der Waals surface area contributed by atoms with Crippen molar-refractivity contribution in [3.8, 4) is 5.75 Å². The molecule has 0 aliphatic carbocycles. The van der Waals surface area contributed by atoms with Gasteiger partial charge in [0.15, 0.2) is 0 Å². The summed E-state index contributed by atoms with van der Waals surface area (Å²) in [6, 6.07) is 5.51. The molecule has 1 aromatic carbocycles. The molecule has 0 fully saturated rings. The van der Waals surface area contributed by atoms with E-state index in [1.807, 2.05) is 19.1 Å². The zero-order valence-electron chi connectivity index (χ0n) is 13.9. The van der Waals surface area contributed by atoms with Gasteiger partial charge in [0, 0.05) is 0 Å². The van der Waals surface area contributed by atoms with Gasteiger partial charge < -0.3 is 15.2 Å². The molecule has 2 N–H and O–H groups in total. The summed E-state index contributed by atoms with van der Waals surface area (Å²) in [5.41, 5.74) is 0.604. The number of carbonyl (C=O) groups excluding carboxylic acids is 1. The van der Waals surface area contributed by atoms with E-state index < -0.39 is 17.4 Å². The Balaban J connectivity index is 3.00. The number of methoxy groups -OCH3 is 1. The fraction of sp³-hybridized carbons (Fsp3) is 0.529. The summed E-state index contributed by atoms with van der Waals surface area (Å²) in [5.74, 6) is -0.970. The third-order valence-electron chi connectivity index (χ3n) is 4.32. The first-order valence-corrected chi connectivity index (χ1v) is 7.51. The summed E-state index contributed by atoms with van der Waals surface area (Å²) in [4.78, 5) is 24.0. The standard InChI is InChI=1S/C17H25NO4/c1-6-17(7-2,16(20)21)18-15(19)12(4)14-9-8-13(22-5)10-11(14)3/h8-10,12H,6-7H2,1-5H3,(H,18,19)(H,20,21). The highest BCUT2D eigenvalue weighted by atomic mass is 16.5. The van der Waals surface area contributed by atoms with E-state index in [9.17, 15) is 14.7 Å². The van der Waals surface area contributed by atoms with Crippen molar-refractivity contribution in [2.75, 3.05) is 7.11 Å². The van der Waals surface area contributed by atoms with Gasteiger partial charge in [0.1, 0.15) is 11.3 Å². The van der Waals surface area contributed by atoms with Crippen LogP contribution in [0.3, 0.4) is 0 Å². The second-order valence-corrected chi connectivity index (χ2v) is 5.53. The Kier molecular flexibility index (Phi) is 5.97. The van der Waals surface area contributed by atoms with Crippen molar-refractivity contribution >= 4 is 11.9 Å². The van der Waals surface area contributed by atoms with E-state index in [2.05, 4.69) is 5.32 Å². The van der Waals surface area contributed by atoms with Gasteiger partial charge in [0.05, 0.1) is 13.0 Å². The van der Waals surface area contributed by atoms with Crippen molar-refractivity contribution in [1.29, 1.82) is 0 Å². The number of hydrogen-bond acceptors (Lipinski definition) is 3. The number of hydrogen-bond donors (Lipinski definition) is 2. The molecule has 1 amide bonds. The second kappa shape index (κ2) is 7.29. The Morgan fingerprint density at radius 2 is 1.91 bits per heavy atom. The van der Waals surface area contributed by atoms with Crippen LogP contribution in [0, 0.1) is 6.92 Å². The molecule has 0 bridgehead atoms. The molecular weight excluding hydrogens is 282 g/mol. The van der Waals surface area contributed by atoms with E-state index >= 15 is 0 Å². The van der Waals surface area contributed by atoms with Gasteiger partial charge in [-0.05, 0) is 49.9 Å². The summed E-state index contributed by atoms with van der Waals surface area (Å²) in [6.07, 6.45) is 0.692. The topological polar surface area (TPSA) is 75.6 Å². The van der Waals surface area contributed by atoms with E-state index in [4.69, 9.17) is 4.74 Å². The Bertz CT molecular complexity index is 550. The van der Waals surface area contributed by atoms with Crippen LogP contribution in [0.1, 0.15) is 50.7 Å². The van der Waals surface area contributed by atoms with Gasteiger partial charge in [0.25, 0.3) is 0 Å². The molecule has 1 atom stereocenters. The zero-order valence-corrected chi connectivity index (χ0v) is 13.9. The van der Waals surface area contributed by atoms with Gasteiger partial charge in [-0.3, -0.25) is 4.79 Å². The van der Waals surface area contributed by atoms with Crippen LogP contribution in [0.2, 0.25) is 0 Å². The number of nitrogens with one attached hydrogen (secondary N) is 1. The lowest BCUT2D eigenvalue weighted by molar-refractivity contribution is -0.148. The van der Waals surface area contributed by atoms with Crippen LogP contribution in [-0.2, 0) is 9.59 Å². The highest BCUT2D eigenvalue weighted by Gasteiger charge is 2.37. The number of aryl methyl sites for hydroxylation is 1. The molecule has 5 heteroatoms. The maximum Gasteiger partial charge on any atom is 0.329 e. The molecule has 0 heterocycles. The van der Waals surface area contributed by atoms with Crippen molar-refractivity contribution in [2.24, 2.45) is 0 Å². The summed E-state index contributed by atoms with van der Waals surface area (Å²) in [6.45, 7) is 7.22. The Morgan fingerprint density at radius 3 is 2.32 bits per heavy atom. The fourth-order valence-corrected chi connectivity index (χ4v) is 2.53. The van der Waals surface area contributed by atoms with Crippen molar-refractivity contribution < 1.29 is 19.4 Å². The third-order valence-corrected chi connectivity index (χ3v) is 4.32. The molecule has 0 spiro atoms. The molecule has 1 aromatic rings. The second-order valence-electron chi connectivity index (χ2n) is 5.53. The molecule has 0 aromatic heterocycles. The Labute approximate surface area is 131 Å². The lowest BCUT2D eigenvalue weighted by Crippen LogP contribution is -2.54. The SMILES string of the molecule is CCC(CC)(NC(=O)C(C)c1ccc(OC)cc1C)C(=O)O. The number of carboxylic acid groups (broad SMARTS) is 1. The monoisotopic (exact) mass is 307 g/mol. The molecular formula is C17H25NO4. The molecule has 0 aliphatic heterocycles. The van der Waals surface area contributed by atoms with Crippen molar-refractivity contribution in [2.45, 2.75) is 52.0 Å². The first-order chi connectivity index (χ1) is 10.3. The molecule has 1 rings (SSSR count). The molecule has 122 valence electrons. The summed E-state index contributed by atoms with van der Waals surface area (Å²) < 4.78 is 5.16. The van der Waals surface area contributed by atoms with Crippen LogP contribution in [0.4, 0.5) is 0 Å². The van der Waals surface area contributed by atoms with Crippen LogP contribution >= 0.6 is 0 Å². The Hall–Kier alpha value is -2.04. The highest BCUT2D eigenvalue weighted by molar-refractivity contribution is 5.90. The average molecular weight is 307 g/mol. The molecule has 0 aliphatic rings. The summed E-state index contributed by atoms with van der Waals surface area (Å²) in [7, 11) is 1.59. The van der Waals surface area contributed by atoms with Gasteiger partial charge in [-0.2, -0.15) is 0 Å². The normalized spacial score (nSPS) is 12.6. The van der Waals surface area contributed by atoms with Gasteiger partial charge in [0.2, 0.25) is 5.91 Å². The number of rotatable bonds is 7. The molecule has 0 saturated carbocycles. The first kappa shape index (κ1) is 18.0. The number of ether oxygens (including phenoxy) is 1. The van der Waals surface area contributed by atoms with Crippen LogP contribution in [-0.4, -0.2) is 29.6 Å². The minimum atomic E-state index is -1.20. The van der Waals surface area contributed by atoms with E-state index in [1.165, 1.54) is 0 Å². The van der Waals surface area contributed by atoms with Crippen molar-refractivity contribution in [3.63, 3.8) is 0 Å². The molecule has 22 heavy (non-hydrogen) atoms. The van der Waals surface area contributed by atoms with E-state index in [-0.39, 0.29) is 5.91 Å². The maximum atomic E-state index is 12.5. The lowest BCUT2D eigenvalue weighted by atomic mass is 9.90. The quantitative estimate of drug-likeness (QED) is 0.812. The van der Waals surface area contributed by atoms with Gasteiger partial charge in [-0.15, -0.1) is 0 Å². The summed E-state index contributed by atoms with van der Waals surface area (Å²) >= 11 is 0. The average Bonchev–Trinajstić information content (AvgIpc) is 2.51. The largest absolute Gasteiger partial charge is 0.497 e. The minimum absolute atomic E-state index is 0.278. The number of carboxylic acids is 1. The number of benzene rings is 1. The van der Waals surface area contributed by atoms with Crippen LogP contribution in [0.15, 0.2) is 18.2 Å². The van der Waals surface area contributed by atoms with Crippen LogP contribution < -0.4 is 10.1 Å². The van der Waals surface area contributed by atoms with Crippen molar-refractivity contribution in [1.82, 2.24) is 5.32 Å². The smallest absolute Gasteiger partial charge is 0.329 e. The Morgan fingerprint density at radius 1 is 1.32 bits per heavy atom. The number of carbonyl (C=O) groups is 2. The molecule has 0 radical (unpaired) electrons. The maximum absolute atomic E-state index is 12.5. The first-order valence-electron chi connectivity index (χ1n) is 7.51. The molecule has 0 saturated heterocycles. The van der Waals surface area contributed by atoms with E-state index in [0.29, 0.717) is 12.8 Å². The van der Waals surface area contributed by atoms with E-state index in [0.717, 1.165) is 16.9 Å². The van der Waals surface area contributed by atoms with Gasteiger partial charge in [-0.1, -0.05) is 19.9 Å². The predicted octanol–water partition coefficient (Wildman–Crippen LogP) is 2.87. The highest BCUT2D eigenvalue weighted by Crippen LogP contribution is 2.25. The van der Waals surface area contributed by atoms with Crippen LogP contribution in [0.5, 0.6) is 5.75 Å². The molecule has 5 nitrogen and oxygen atoms in total. The minimum Gasteiger partial charge on any atom is -0.497 e. The summed E-state index contributed by atoms with van der Waals surface area (Å²) in [5, 5.41) is 12.1. The predicted molar refractivity (Wildman–Crippen MR) is 85.2 cm³/mol. The van der Waals surface area contributed by atoms with Crippen LogP contribution in [0.25, 0.3) is 0 Å². The van der Waals surface area contributed by atoms with Gasteiger partial charge in [-0.25, -0.2) is 4.79 Å². The zero-order chi connectivity index (χ0) is 16.9. The fourth-order valence-electron chi connectivity index (χ4n) is 2.53. The lowest BCUT2D eigenvalue weighted by Gasteiger charge is -2.29.